The number of amides is 1. The molecule has 1 unspecified atom stereocenters. The fourth-order valence-electron chi connectivity index (χ4n) is 4.54. The highest BCUT2D eigenvalue weighted by molar-refractivity contribution is 6.07. The summed E-state index contributed by atoms with van der Waals surface area (Å²) in [6, 6.07) is 6.52. The van der Waals surface area contributed by atoms with Crippen LogP contribution in [0.3, 0.4) is 0 Å². The van der Waals surface area contributed by atoms with E-state index in [4.69, 9.17) is 14.6 Å². The molecule has 9 heteroatoms. The number of nitrogens with zero attached hydrogens (tertiary/aromatic N) is 1. The molecule has 0 radical (unpaired) electrons. The molecule has 5 rings (SSSR count). The predicted octanol–water partition coefficient (Wildman–Crippen LogP) is 4.36. The number of rotatable bonds is 3. The number of ether oxygens (including phenoxy) is 2. The fourth-order valence-corrected chi connectivity index (χ4v) is 4.54. The second-order valence-corrected chi connectivity index (χ2v) is 8.09. The van der Waals surface area contributed by atoms with E-state index in [0.717, 1.165) is 44.1 Å². The number of H-pyrrole nitrogens is 1. The number of benzene rings is 1. The molecule has 3 aromatic rings. The third kappa shape index (κ3) is 4.43. The van der Waals surface area contributed by atoms with Gasteiger partial charge in [0.05, 0.1) is 42.5 Å². The number of fused-ring (bicyclic) bond motifs is 3. The van der Waals surface area contributed by atoms with E-state index in [1.165, 1.54) is 13.2 Å². The number of aliphatic hydroxyl groups is 1. The number of para-hydroxylation sites is 1. The van der Waals surface area contributed by atoms with Gasteiger partial charge in [-0.1, -0.05) is 18.9 Å². The second-order valence-electron chi connectivity index (χ2n) is 8.09. The van der Waals surface area contributed by atoms with E-state index < -0.39 is 5.82 Å². The van der Waals surface area contributed by atoms with Gasteiger partial charge >= 0.3 is 0 Å². The van der Waals surface area contributed by atoms with Gasteiger partial charge in [0.1, 0.15) is 5.75 Å². The maximum Gasteiger partial charge on any atom is 0.255 e. The number of aromatic nitrogens is 2. The molecule has 2 aromatic heterocycles. The lowest BCUT2D eigenvalue weighted by molar-refractivity contribution is 0.0939. The number of aromatic amines is 1. The average Bonchev–Trinajstić information content (AvgIpc) is 3.23. The van der Waals surface area contributed by atoms with Crippen molar-refractivity contribution in [2.24, 2.45) is 0 Å². The molecule has 8 nitrogen and oxygen atoms in total. The van der Waals surface area contributed by atoms with Gasteiger partial charge < -0.3 is 30.2 Å². The molecule has 2 bridgehead atoms. The Labute approximate surface area is 197 Å². The van der Waals surface area contributed by atoms with Gasteiger partial charge in [-0.25, -0.2) is 4.39 Å². The van der Waals surface area contributed by atoms with E-state index >= 15 is 0 Å². The van der Waals surface area contributed by atoms with E-state index in [1.54, 1.807) is 24.5 Å². The van der Waals surface area contributed by atoms with Crippen LogP contribution in [-0.4, -0.2) is 48.4 Å². The lowest BCUT2D eigenvalue weighted by Gasteiger charge is -2.24. The Balaban J connectivity index is 0.00000133. The summed E-state index contributed by atoms with van der Waals surface area (Å²) in [5.41, 5.74) is 3.95. The molecule has 34 heavy (non-hydrogen) atoms. The third-order valence-corrected chi connectivity index (χ3v) is 6.11. The van der Waals surface area contributed by atoms with Crippen LogP contribution in [0.5, 0.6) is 11.5 Å². The largest absolute Gasteiger partial charge is 0.492 e. The highest BCUT2D eigenvalue weighted by Gasteiger charge is 2.33. The monoisotopic (exact) mass is 468 g/mol. The molecule has 1 atom stereocenters. The van der Waals surface area contributed by atoms with Crippen LogP contribution < -0.4 is 20.1 Å². The summed E-state index contributed by atoms with van der Waals surface area (Å²) in [5.74, 6) is 0.257. The van der Waals surface area contributed by atoms with Crippen molar-refractivity contribution in [2.45, 2.75) is 31.6 Å². The summed E-state index contributed by atoms with van der Waals surface area (Å²) in [4.78, 5) is 20.8. The van der Waals surface area contributed by atoms with Crippen LogP contribution in [0.2, 0.25) is 0 Å². The number of pyridine rings is 1. The first-order valence-electron chi connectivity index (χ1n) is 11.3. The zero-order valence-electron chi connectivity index (χ0n) is 19.3. The molecule has 4 heterocycles. The maximum absolute atomic E-state index is 14.4. The number of anilines is 2. The van der Waals surface area contributed by atoms with Gasteiger partial charge in [-0.15, -0.1) is 0 Å². The Morgan fingerprint density at radius 2 is 2.09 bits per heavy atom. The Morgan fingerprint density at radius 3 is 2.91 bits per heavy atom. The van der Waals surface area contributed by atoms with Crippen molar-refractivity contribution in [2.75, 3.05) is 32.7 Å². The van der Waals surface area contributed by atoms with Gasteiger partial charge in [0.2, 0.25) is 0 Å². The molecule has 2 aliphatic rings. The van der Waals surface area contributed by atoms with E-state index in [1.807, 2.05) is 6.07 Å². The van der Waals surface area contributed by atoms with Crippen molar-refractivity contribution in [3.8, 4) is 22.8 Å². The molecule has 1 aromatic carbocycles. The molecule has 0 saturated heterocycles. The first kappa shape index (κ1) is 23.6. The van der Waals surface area contributed by atoms with E-state index in [0.29, 0.717) is 41.5 Å². The molecule has 0 fully saturated rings. The highest BCUT2D eigenvalue weighted by Crippen LogP contribution is 2.44. The van der Waals surface area contributed by atoms with Crippen molar-refractivity contribution in [1.29, 1.82) is 0 Å². The first-order valence-corrected chi connectivity index (χ1v) is 11.3. The van der Waals surface area contributed by atoms with Crippen LogP contribution in [0.15, 0.2) is 36.7 Å². The normalized spacial score (nSPS) is 16.9. The minimum absolute atomic E-state index is 0.0882. The topological polar surface area (TPSA) is 108 Å². The van der Waals surface area contributed by atoms with Crippen molar-refractivity contribution >= 4 is 17.3 Å². The van der Waals surface area contributed by atoms with E-state index in [9.17, 15) is 9.18 Å². The van der Waals surface area contributed by atoms with Gasteiger partial charge in [0, 0.05) is 37.0 Å². The Hall–Kier alpha value is -3.59. The van der Waals surface area contributed by atoms with Gasteiger partial charge in [0.25, 0.3) is 5.91 Å². The number of aliphatic hydroxyl groups excluding tert-OH is 1. The van der Waals surface area contributed by atoms with Gasteiger partial charge in [0.15, 0.2) is 11.6 Å². The molecular formula is C25H29FN4O4. The Kier molecular flexibility index (Phi) is 7.32. The predicted molar refractivity (Wildman–Crippen MR) is 127 cm³/mol. The van der Waals surface area contributed by atoms with Crippen LogP contribution in [0.1, 0.15) is 47.7 Å². The molecule has 180 valence electrons. The maximum atomic E-state index is 14.4. The lowest BCUT2D eigenvalue weighted by atomic mass is 9.91. The number of carbonyl (C=O) groups excluding carboxylic acids is 1. The van der Waals surface area contributed by atoms with Gasteiger partial charge in [-0.2, -0.15) is 0 Å². The quantitative estimate of drug-likeness (QED) is 0.455. The number of halogens is 1. The highest BCUT2D eigenvalue weighted by atomic mass is 19.1. The van der Waals surface area contributed by atoms with Crippen molar-refractivity contribution < 1.29 is 23.8 Å². The Bertz CT molecular complexity index is 1160. The van der Waals surface area contributed by atoms with Crippen LogP contribution in [0.25, 0.3) is 11.3 Å². The molecular weight excluding hydrogens is 439 g/mol. The van der Waals surface area contributed by atoms with Crippen LogP contribution in [-0.2, 0) is 0 Å². The lowest BCUT2D eigenvalue weighted by Crippen LogP contribution is -2.35. The standard InChI is InChI=1S/C24H25FN4O3.CH4O/c1-31-23-16(25)7-5-8-17(23)28-22-19-20-14(12-27-24(19)30)6-3-2-4-11-32-18-13-26-10-9-15(18)21(22)29-20;1-2/h5,7-10,13-14,28-29H,2-4,6,11-12H2,1H3,(H,27,30);2H,1H3. The summed E-state index contributed by atoms with van der Waals surface area (Å²) < 4.78 is 25.7. The zero-order valence-corrected chi connectivity index (χ0v) is 19.3. The molecule has 0 spiro atoms. The number of nitrogens with one attached hydrogen (secondary N) is 3. The van der Waals surface area contributed by atoms with Crippen LogP contribution in [0.4, 0.5) is 15.8 Å². The molecule has 0 aliphatic carbocycles. The number of hydrogen-bond acceptors (Lipinski definition) is 6. The van der Waals surface area contributed by atoms with Crippen LogP contribution in [0, 0.1) is 5.82 Å². The summed E-state index contributed by atoms with van der Waals surface area (Å²) in [7, 11) is 2.42. The summed E-state index contributed by atoms with van der Waals surface area (Å²) in [6.45, 7) is 1.19. The first-order chi connectivity index (χ1) is 16.7. The zero-order chi connectivity index (χ0) is 24.1. The van der Waals surface area contributed by atoms with Crippen molar-refractivity contribution in [1.82, 2.24) is 15.3 Å². The fraction of sp³-hybridized carbons (Fsp3) is 0.360. The molecule has 1 amide bonds. The summed E-state index contributed by atoms with van der Waals surface area (Å²) >= 11 is 0. The van der Waals surface area contributed by atoms with Gasteiger partial charge in [-0.3, -0.25) is 9.78 Å². The third-order valence-electron chi connectivity index (χ3n) is 6.11. The molecule has 4 N–H and O–H groups in total. The molecule has 0 saturated carbocycles. The smallest absolute Gasteiger partial charge is 0.255 e. The van der Waals surface area contributed by atoms with Crippen molar-refractivity contribution in [3.05, 3.63) is 53.7 Å². The SMILES string of the molecule is CO.COc1c(F)cccc1Nc1c2[nH]c3c1C(=O)NCC3CCCCCOc1cnccc1-2. The van der Waals surface area contributed by atoms with E-state index in [-0.39, 0.29) is 17.6 Å². The molecule has 2 aliphatic heterocycles. The number of carbonyl (C=O) groups is 1. The van der Waals surface area contributed by atoms with Gasteiger partial charge in [-0.05, 0) is 31.0 Å². The van der Waals surface area contributed by atoms with Crippen molar-refractivity contribution in [3.63, 3.8) is 0 Å². The second kappa shape index (κ2) is 10.6. The average molecular weight is 469 g/mol. The summed E-state index contributed by atoms with van der Waals surface area (Å²) in [5, 5.41) is 13.3. The minimum Gasteiger partial charge on any atom is -0.492 e. The minimum atomic E-state index is -0.482. The number of methoxy groups -OCH3 is 1. The number of hydrogen-bond donors (Lipinski definition) is 4. The van der Waals surface area contributed by atoms with Crippen LogP contribution >= 0.6 is 0 Å². The summed E-state index contributed by atoms with van der Waals surface area (Å²) in [6.07, 6.45) is 7.38. The van der Waals surface area contributed by atoms with E-state index in [2.05, 4.69) is 20.6 Å². The Morgan fingerprint density at radius 1 is 1.24 bits per heavy atom.